The molecule has 0 aromatic heterocycles. The summed E-state index contributed by atoms with van der Waals surface area (Å²) in [6.45, 7) is 2.81. The highest BCUT2D eigenvalue weighted by Crippen LogP contribution is 2.24. The van der Waals surface area contributed by atoms with E-state index in [-0.39, 0.29) is 11.8 Å². The highest BCUT2D eigenvalue weighted by atomic mass is 16.5. The summed E-state index contributed by atoms with van der Waals surface area (Å²) in [4.78, 5) is 24.9. The SMILES string of the molecule is CCCCN(C)C(=O)Nc1cccc(-c2ccc(C=C(OC)C(=O)O)cc2)c1. The molecule has 2 rings (SSSR count). The molecule has 0 fully saturated rings. The van der Waals surface area contributed by atoms with E-state index >= 15 is 0 Å². The average Bonchev–Trinajstić information content (AvgIpc) is 2.70. The van der Waals surface area contributed by atoms with E-state index in [4.69, 9.17) is 9.84 Å². The van der Waals surface area contributed by atoms with Gasteiger partial charge in [-0.2, -0.15) is 0 Å². The number of nitrogens with one attached hydrogen (secondary N) is 1. The zero-order chi connectivity index (χ0) is 20.5. The van der Waals surface area contributed by atoms with Crippen LogP contribution >= 0.6 is 0 Å². The van der Waals surface area contributed by atoms with Crippen molar-refractivity contribution in [2.24, 2.45) is 0 Å². The summed E-state index contributed by atoms with van der Waals surface area (Å²) in [5, 5.41) is 11.9. The van der Waals surface area contributed by atoms with E-state index < -0.39 is 5.97 Å². The second-order valence-electron chi connectivity index (χ2n) is 6.43. The van der Waals surface area contributed by atoms with Crippen molar-refractivity contribution in [2.75, 3.05) is 26.0 Å². The predicted molar refractivity (Wildman–Crippen MR) is 111 cm³/mol. The molecule has 0 aliphatic carbocycles. The van der Waals surface area contributed by atoms with Crippen molar-refractivity contribution < 1.29 is 19.4 Å². The van der Waals surface area contributed by atoms with Crippen LogP contribution in [0.5, 0.6) is 0 Å². The molecule has 2 amide bonds. The maximum absolute atomic E-state index is 12.2. The maximum atomic E-state index is 12.2. The number of methoxy groups -OCH3 is 1. The summed E-state index contributed by atoms with van der Waals surface area (Å²) >= 11 is 0. The largest absolute Gasteiger partial charge is 0.490 e. The number of rotatable bonds is 8. The molecule has 0 radical (unpaired) electrons. The molecule has 6 heteroatoms. The standard InChI is InChI=1S/C22H26N2O4/c1-4-5-13-24(2)22(27)23-19-8-6-7-18(15-19)17-11-9-16(10-12-17)14-20(28-3)21(25)26/h6-12,14-15H,4-5,13H2,1-3H3,(H,23,27)(H,25,26). The lowest BCUT2D eigenvalue weighted by Gasteiger charge is -2.17. The minimum Gasteiger partial charge on any atom is -0.490 e. The van der Waals surface area contributed by atoms with Gasteiger partial charge in [-0.1, -0.05) is 49.7 Å². The Morgan fingerprint density at radius 1 is 1.14 bits per heavy atom. The number of carboxylic acid groups (broad SMARTS) is 1. The van der Waals surface area contributed by atoms with Gasteiger partial charge in [-0.15, -0.1) is 0 Å². The van der Waals surface area contributed by atoms with E-state index in [1.807, 2.05) is 48.5 Å². The zero-order valence-electron chi connectivity index (χ0n) is 16.4. The molecule has 0 bridgehead atoms. The van der Waals surface area contributed by atoms with Gasteiger partial charge in [-0.25, -0.2) is 9.59 Å². The van der Waals surface area contributed by atoms with Gasteiger partial charge in [0.2, 0.25) is 5.76 Å². The van der Waals surface area contributed by atoms with Gasteiger partial charge in [-0.05, 0) is 41.3 Å². The molecule has 0 saturated heterocycles. The van der Waals surface area contributed by atoms with Gasteiger partial charge in [-0.3, -0.25) is 0 Å². The van der Waals surface area contributed by atoms with Crippen LogP contribution in [0.15, 0.2) is 54.3 Å². The first-order valence-corrected chi connectivity index (χ1v) is 9.16. The summed E-state index contributed by atoms with van der Waals surface area (Å²) in [7, 11) is 3.11. The van der Waals surface area contributed by atoms with E-state index in [9.17, 15) is 9.59 Å². The molecule has 2 aromatic carbocycles. The van der Waals surface area contributed by atoms with E-state index in [0.29, 0.717) is 0 Å². The third kappa shape index (κ3) is 5.87. The first-order valence-electron chi connectivity index (χ1n) is 9.16. The minimum atomic E-state index is -1.11. The van der Waals surface area contributed by atoms with Crippen molar-refractivity contribution in [3.05, 3.63) is 59.9 Å². The number of benzene rings is 2. The Morgan fingerprint density at radius 3 is 2.46 bits per heavy atom. The van der Waals surface area contributed by atoms with Crippen molar-refractivity contribution in [3.63, 3.8) is 0 Å². The monoisotopic (exact) mass is 382 g/mol. The number of nitrogens with zero attached hydrogens (tertiary/aromatic N) is 1. The number of carbonyl (C=O) groups is 2. The van der Waals surface area contributed by atoms with Gasteiger partial charge < -0.3 is 20.1 Å². The summed E-state index contributed by atoms with van der Waals surface area (Å²) in [6, 6.07) is 14.9. The molecule has 28 heavy (non-hydrogen) atoms. The third-order valence-corrected chi connectivity index (χ3v) is 4.28. The molecule has 6 nitrogen and oxygen atoms in total. The summed E-state index contributed by atoms with van der Waals surface area (Å²) < 4.78 is 4.84. The number of hydrogen-bond acceptors (Lipinski definition) is 3. The number of carbonyl (C=O) groups excluding carboxylic acids is 1. The third-order valence-electron chi connectivity index (χ3n) is 4.28. The van der Waals surface area contributed by atoms with Crippen molar-refractivity contribution in [2.45, 2.75) is 19.8 Å². The number of anilines is 1. The Labute approximate surface area is 165 Å². The minimum absolute atomic E-state index is 0.121. The lowest BCUT2D eigenvalue weighted by Crippen LogP contribution is -2.32. The Morgan fingerprint density at radius 2 is 1.86 bits per heavy atom. The molecule has 0 unspecified atom stereocenters. The molecule has 0 aliphatic heterocycles. The number of ether oxygens (including phenoxy) is 1. The molecule has 0 spiro atoms. The van der Waals surface area contributed by atoms with Crippen LogP contribution in [0.3, 0.4) is 0 Å². The zero-order valence-corrected chi connectivity index (χ0v) is 16.4. The van der Waals surface area contributed by atoms with E-state index in [1.54, 1.807) is 11.9 Å². The van der Waals surface area contributed by atoms with E-state index in [1.165, 1.54) is 13.2 Å². The van der Waals surface area contributed by atoms with Crippen molar-refractivity contribution >= 4 is 23.8 Å². The Hall–Kier alpha value is -3.28. The second kappa shape index (κ2) is 10.2. The fraction of sp³-hybridized carbons (Fsp3) is 0.273. The van der Waals surface area contributed by atoms with Crippen molar-refractivity contribution in [1.82, 2.24) is 4.90 Å². The summed E-state index contributed by atoms with van der Waals surface area (Å²) in [5.74, 6) is -1.23. The second-order valence-corrected chi connectivity index (χ2v) is 6.43. The normalized spacial score (nSPS) is 11.0. The van der Waals surface area contributed by atoms with Crippen LogP contribution in [0, 0.1) is 0 Å². The van der Waals surface area contributed by atoms with Crippen LogP contribution in [0.1, 0.15) is 25.3 Å². The molecule has 148 valence electrons. The molecule has 0 saturated carbocycles. The van der Waals surface area contributed by atoms with Crippen LogP contribution in [0.4, 0.5) is 10.5 Å². The van der Waals surface area contributed by atoms with Gasteiger partial charge in [0.15, 0.2) is 0 Å². The van der Waals surface area contributed by atoms with Gasteiger partial charge in [0.05, 0.1) is 7.11 Å². The van der Waals surface area contributed by atoms with E-state index in [2.05, 4.69) is 12.2 Å². The molecule has 0 heterocycles. The molecular weight excluding hydrogens is 356 g/mol. The van der Waals surface area contributed by atoms with Crippen LogP contribution in [0.2, 0.25) is 0 Å². The molecule has 0 aliphatic rings. The lowest BCUT2D eigenvalue weighted by molar-refractivity contribution is -0.135. The predicted octanol–water partition coefficient (Wildman–Crippen LogP) is 4.69. The highest BCUT2D eigenvalue weighted by Gasteiger charge is 2.09. The first-order chi connectivity index (χ1) is 13.4. The van der Waals surface area contributed by atoms with Gasteiger partial charge in [0.1, 0.15) is 0 Å². The molecule has 0 atom stereocenters. The van der Waals surface area contributed by atoms with Gasteiger partial charge in [0, 0.05) is 19.3 Å². The number of unbranched alkanes of at least 4 members (excludes halogenated alkanes) is 1. The molecular formula is C22H26N2O4. The first kappa shape index (κ1) is 21.0. The number of hydrogen-bond donors (Lipinski definition) is 2. The maximum Gasteiger partial charge on any atom is 0.371 e. The summed E-state index contributed by atoms with van der Waals surface area (Å²) in [6.07, 6.45) is 3.48. The highest BCUT2D eigenvalue weighted by molar-refractivity contribution is 5.91. The molecule has 2 aromatic rings. The fourth-order valence-corrected chi connectivity index (χ4v) is 2.62. The van der Waals surface area contributed by atoms with Crippen molar-refractivity contribution in [1.29, 1.82) is 0 Å². The quantitative estimate of drug-likeness (QED) is 0.513. The van der Waals surface area contributed by atoms with E-state index in [0.717, 1.165) is 41.8 Å². The number of amides is 2. The Kier molecular flexibility index (Phi) is 7.63. The van der Waals surface area contributed by atoms with Crippen LogP contribution in [0.25, 0.3) is 17.2 Å². The smallest absolute Gasteiger partial charge is 0.371 e. The number of aliphatic carboxylic acids is 1. The van der Waals surface area contributed by atoms with Crippen molar-refractivity contribution in [3.8, 4) is 11.1 Å². The Bertz CT molecular complexity index is 844. The number of urea groups is 1. The topological polar surface area (TPSA) is 78.9 Å². The van der Waals surface area contributed by atoms with Crippen LogP contribution in [-0.2, 0) is 9.53 Å². The Balaban J connectivity index is 2.13. The number of carboxylic acids is 1. The summed E-state index contributed by atoms with van der Waals surface area (Å²) in [5.41, 5.74) is 3.36. The average molecular weight is 382 g/mol. The molecule has 2 N–H and O–H groups in total. The van der Waals surface area contributed by atoms with Gasteiger partial charge in [0.25, 0.3) is 0 Å². The lowest BCUT2D eigenvalue weighted by atomic mass is 10.0. The van der Waals surface area contributed by atoms with Crippen LogP contribution < -0.4 is 5.32 Å². The fourth-order valence-electron chi connectivity index (χ4n) is 2.62. The van der Waals surface area contributed by atoms with Crippen LogP contribution in [-0.4, -0.2) is 42.7 Å². The van der Waals surface area contributed by atoms with Gasteiger partial charge >= 0.3 is 12.0 Å².